The van der Waals surface area contributed by atoms with Gasteiger partial charge in [0.25, 0.3) is 0 Å². The van der Waals surface area contributed by atoms with Crippen molar-refractivity contribution in [3.05, 3.63) is 29.6 Å². The monoisotopic (exact) mass is 252 g/mol. The summed E-state index contributed by atoms with van der Waals surface area (Å²) in [7, 11) is 0. The SMILES string of the molecule is O=C(CC1CNC1)Nc1cc(F)ccc1C(=O)O. The highest BCUT2D eigenvalue weighted by Crippen LogP contribution is 2.18. The Labute approximate surface area is 103 Å². The Morgan fingerprint density at radius 1 is 1.44 bits per heavy atom. The molecule has 2 rings (SSSR count). The molecule has 0 atom stereocenters. The lowest BCUT2D eigenvalue weighted by atomic mass is 9.99. The van der Waals surface area contributed by atoms with E-state index in [1.54, 1.807) is 0 Å². The van der Waals surface area contributed by atoms with E-state index in [2.05, 4.69) is 10.6 Å². The molecular formula is C12H13FN2O3. The number of aromatic carboxylic acids is 1. The highest BCUT2D eigenvalue weighted by Gasteiger charge is 2.21. The summed E-state index contributed by atoms with van der Waals surface area (Å²) in [5.41, 5.74) is -0.115. The zero-order chi connectivity index (χ0) is 13.1. The molecule has 1 aliphatic heterocycles. The molecule has 1 aromatic rings. The summed E-state index contributed by atoms with van der Waals surface area (Å²) < 4.78 is 13.0. The summed E-state index contributed by atoms with van der Waals surface area (Å²) in [5.74, 6) is -1.81. The van der Waals surface area contributed by atoms with Crippen molar-refractivity contribution in [2.24, 2.45) is 5.92 Å². The third kappa shape index (κ3) is 2.84. The maximum absolute atomic E-state index is 13.0. The van der Waals surface area contributed by atoms with E-state index in [0.717, 1.165) is 31.3 Å². The van der Waals surface area contributed by atoms with Crippen LogP contribution in [0.25, 0.3) is 0 Å². The molecule has 0 aromatic heterocycles. The fourth-order valence-corrected chi connectivity index (χ4v) is 1.76. The Kier molecular flexibility index (Phi) is 3.57. The van der Waals surface area contributed by atoms with Gasteiger partial charge in [-0.2, -0.15) is 0 Å². The van der Waals surface area contributed by atoms with Gasteiger partial charge in [0.2, 0.25) is 5.91 Å². The molecule has 0 radical (unpaired) electrons. The third-order valence-corrected chi connectivity index (χ3v) is 2.83. The first-order valence-electron chi connectivity index (χ1n) is 5.59. The molecule has 18 heavy (non-hydrogen) atoms. The van der Waals surface area contributed by atoms with E-state index in [0.29, 0.717) is 6.42 Å². The Morgan fingerprint density at radius 3 is 2.72 bits per heavy atom. The molecular weight excluding hydrogens is 239 g/mol. The van der Waals surface area contributed by atoms with Crippen LogP contribution in [0.5, 0.6) is 0 Å². The molecule has 1 saturated heterocycles. The van der Waals surface area contributed by atoms with Crippen molar-refractivity contribution in [1.82, 2.24) is 5.32 Å². The molecule has 3 N–H and O–H groups in total. The summed E-state index contributed by atoms with van der Waals surface area (Å²) in [4.78, 5) is 22.6. The fraction of sp³-hybridized carbons (Fsp3) is 0.333. The highest BCUT2D eigenvalue weighted by atomic mass is 19.1. The summed E-state index contributed by atoms with van der Waals surface area (Å²) in [6.45, 7) is 1.56. The molecule has 1 amide bonds. The summed E-state index contributed by atoms with van der Waals surface area (Å²) in [6.07, 6.45) is 0.308. The van der Waals surface area contributed by atoms with Crippen LogP contribution in [0, 0.1) is 11.7 Å². The van der Waals surface area contributed by atoms with Gasteiger partial charge in [0.05, 0.1) is 11.3 Å². The number of carbonyl (C=O) groups is 2. The zero-order valence-corrected chi connectivity index (χ0v) is 9.57. The molecule has 0 aliphatic carbocycles. The van der Waals surface area contributed by atoms with Crippen LogP contribution in [0.1, 0.15) is 16.8 Å². The van der Waals surface area contributed by atoms with Crippen molar-refractivity contribution in [3.8, 4) is 0 Å². The smallest absolute Gasteiger partial charge is 0.337 e. The van der Waals surface area contributed by atoms with Gasteiger partial charge >= 0.3 is 5.97 Å². The number of carboxylic acids is 1. The molecule has 6 heteroatoms. The van der Waals surface area contributed by atoms with Crippen LogP contribution < -0.4 is 10.6 Å². The van der Waals surface area contributed by atoms with Crippen LogP contribution in [-0.4, -0.2) is 30.1 Å². The molecule has 0 spiro atoms. The van der Waals surface area contributed by atoms with Crippen LogP contribution in [0.4, 0.5) is 10.1 Å². The molecule has 0 unspecified atom stereocenters. The van der Waals surface area contributed by atoms with E-state index in [1.165, 1.54) is 0 Å². The Bertz CT molecular complexity index is 486. The van der Waals surface area contributed by atoms with Crippen molar-refractivity contribution >= 4 is 17.6 Å². The van der Waals surface area contributed by atoms with Gasteiger partial charge in [-0.15, -0.1) is 0 Å². The van der Waals surface area contributed by atoms with E-state index in [9.17, 15) is 14.0 Å². The van der Waals surface area contributed by atoms with Crippen molar-refractivity contribution in [1.29, 1.82) is 0 Å². The molecule has 1 fully saturated rings. The standard InChI is InChI=1S/C12H13FN2O3/c13-8-1-2-9(12(17)18)10(4-8)15-11(16)3-7-5-14-6-7/h1-2,4,7,14H,3,5-6H2,(H,15,16)(H,17,18). The van der Waals surface area contributed by atoms with Crippen molar-refractivity contribution in [3.63, 3.8) is 0 Å². The number of nitrogens with one attached hydrogen (secondary N) is 2. The van der Waals surface area contributed by atoms with E-state index < -0.39 is 11.8 Å². The van der Waals surface area contributed by atoms with E-state index in [-0.39, 0.29) is 23.1 Å². The number of anilines is 1. The first-order valence-corrected chi connectivity index (χ1v) is 5.59. The number of carbonyl (C=O) groups excluding carboxylic acids is 1. The normalized spacial score (nSPS) is 14.9. The molecule has 0 saturated carbocycles. The van der Waals surface area contributed by atoms with Crippen molar-refractivity contribution < 1.29 is 19.1 Å². The summed E-state index contributed by atoms with van der Waals surface area (Å²) in [6, 6.07) is 3.20. The molecule has 5 nitrogen and oxygen atoms in total. The number of benzene rings is 1. The number of hydrogen-bond donors (Lipinski definition) is 3. The van der Waals surface area contributed by atoms with Gasteiger partial charge in [0.15, 0.2) is 0 Å². The second-order valence-corrected chi connectivity index (χ2v) is 4.27. The van der Waals surface area contributed by atoms with Gasteiger partial charge in [-0.1, -0.05) is 0 Å². The van der Waals surface area contributed by atoms with Gasteiger partial charge in [0, 0.05) is 6.42 Å². The van der Waals surface area contributed by atoms with Gasteiger partial charge in [-0.05, 0) is 37.2 Å². The highest BCUT2D eigenvalue weighted by molar-refractivity contribution is 6.00. The van der Waals surface area contributed by atoms with Crippen LogP contribution in [-0.2, 0) is 4.79 Å². The van der Waals surface area contributed by atoms with Crippen LogP contribution >= 0.6 is 0 Å². The average molecular weight is 252 g/mol. The number of rotatable bonds is 4. The number of carboxylic acid groups (broad SMARTS) is 1. The predicted octanol–water partition coefficient (Wildman–Crippen LogP) is 1.07. The zero-order valence-electron chi connectivity index (χ0n) is 9.57. The number of halogens is 1. The molecule has 1 heterocycles. The Morgan fingerprint density at radius 2 is 2.17 bits per heavy atom. The topological polar surface area (TPSA) is 78.4 Å². The van der Waals surface area contributed by atoms with Gasteiger partial charge in [-0.3, -0.25) is 4.79 Å². The van der Waals surface area contributed by atoms with Crippen LogP contribution in [0.15, 0.2) is 18.2 Å². The Hall–Kier alpha value is -1.95. The first kappa shape index (κ1) is 12.5. The molecule has 96 valence electrons. The lowest BCUT2D eigenvalue weighted by Crippen LogP contribution is -2.43. The molecule has 1 aliphatic rings. The van der Waals surface area contributed by atoms with Gasteiger partial charge in [-0.25, -0.2) is 9.18 Å². The maximum Gasteiger partial charge on any atom is 0.337 e. The quantitative estimate of drug-likeness (QED) is 0.749. The lowest BCUT2D eigenvalue weighted by molar-refractivity contribution is -0.117. The number of amides is 1. The number of hydrogen-bond acceptors (Lipinski definition) is 3. The fourth-order valence-electron chi connectivity index (χ4n) is 1.76. The van der Waals surface area contributed by atoms with Crippen LogP contribution in [0.3, 0.4) is 0 Å². The second kappa shape index (κ2) is 5.14. The molecule has 1 aromatic carbocycles. The minimum atomic E-state index is -1.20. The van der Waals surface area contributed by atoms with Crippen LogP contribution in [0.2, 0.25) is 0 Å². The van der Waals surface area contributed by atoms with E-state index in [4.69, 9.17) is 5.11 Å². The minimum Gasteiger partial charge on any atom is -0.478 e. The maximum atomic E-state index is 13.0. The summed E-state index contributed by atoms with van der Waals surface area (Å²) >= 11 is 0. The largest absolute Gasteiger partial charge is 0.478 e. The van der Waals surface area contributed by atoms with Crippen molar-refractivity contribution in [2.45, 2.75) is 6.42 Å². The second-order valence-electron chi connectivity index (χ2n) is 4.27. The average Bonchev–Trinajstić information content (AvgIpc) is 2.23. The van der Waals surface area contributed by atoms with Gasteiger partial charge in [0.1, 0.15) is 5.82 Å². The van der Waals surface area contributed by atoms with E-state index >= 15 is 0 Å². The first-order chi connectivity index (χ1) is 8.56. The minimum absolute atomic E-state index is 0.000201. The summed E-state index contributed by atoms with van der Waals surface area (Å²) in [5, 5.41) is 14.4. The molecule has 0 bridgehead atoms. The Balaban J connectivity index is 2.08. The lowest BCUT2D eigenvalue weighted by Gasteiger charge is -2.26. The predicted molar refractivity (Wildman–Crippen MR) is 63.0 cm³/mol. The van der Waals surface area contributed by atoms with E-state index in [1.807, 2.05) is 0 Å². The third-order valence-electron chi connectivity index (χ3n) is 2.83. The van der Waals surface area contributed by atoms with Crippen molar-refractivity contribution in [2.75, 3.05) is 18.4 Å². The van der Waals surface area contributed by atoms with Gasteiger partial charge < -0.3 is 15.7 Å².